The van der Waals surface area contributed by atoms with Crippen molar-refractivity contribution in [3.05, 3.63) is 10.4 Å². The molecule has 1 unspecified atom stereocenters. The highest BCUT2D eigenvalue weighted by Gasteiger charge is 2.31. The summed E-state index contributed by atoms with van der Waals surface area (Å²) < 4.78 is 9.53. The van der Waals surface area contributed by atoms with Gasteiger partial charge in [0.15, 0.2) is 0 Å². The number of thiophene rings is 1. The first kappa shape index (κ1) is 16.0. The number of thioether (sulfide) groups is 1. The predicted octanol–water partition coefficient (Wildman–Crippen LogP) is 1.85. The molecule has 8 heteroatoms. The summed E-state index contributed by atoms with van der Waals surface area (Å²) in [4.78, 5) is 26.1. The molecule has 1 aliphatic heterocycles. The average Bonchev–Trinajstić information content (AvgIpc) is 2.83. The number of carbonyl (C=O) groups excluding carboxylic acids is 2. The quantitative estimate of drug-likeness (QED) is 0.847. The van der Waals surface area contributed by atoms with Crippen molar-refractivity contribution in [2.75, 3.05) is 43.7 Å². The number of ether oxygens (including phenoxy) is 2. The van der Waals surface area contributed by atoms with Crippen LogP contribution in [0.25, 0.3) is 0 Å². The highest BCUT2D eigenvalue weighted by Crippen LogP contribution is 2.40. The predicted molar refractivity (Wildman–Crippen MR) is 85.5 cm³/mol. The Balaban J connectivity index is 2.47. The molecule has 0 radical (unpaired) electrons. The Bertz CT molecular complexity index is 559. The van der Waals surface area contributed by atoms with Crippen molar-refractivity contribution >= 4 is 45.7 Å². The topological polar surface area (TPSA) is 81.9 Å². The molecule has 0 spiro atoms. The van der Waals surface area contributed by atoms with Gasteiger partial charge in [-0.05, 0) is 0 Å². The zero-order valence-corrected chi connectivity index (χ0v) is 13.8. The number of carbonyl (C=O) groups is 2. The van der Waals surface area contributed by atoms with E-state index in [9.17, 15) is 9.59 Å². The summed E-state index contributed by atoms with van der Waals surface area (Å²) in [5.41, 5.74) is 6.38. The maximum atomic E-state index is 12.0. The molecule has 0 aromatic carbocycles. The third kappa shape index (κ3) is 3.11. The van der Waals surface area contributed by atoms with Gasteiger partial charge in [0.1, 0.15) is 15.4 Å². The molecule has 2 N–H and O–H groups in total. The number of nitrogens with two attached hydrogens (primary N) is 1. The van der Waals surface area contributed by atoms with Crippen molar-refractivity contribution in [2.45, 2.75) is 12.2 Å². The van der Waals surface area contributed by atoms with Crippen LogP contribution in [-0.2, 0) is 9.47 Å². The third-order valence-electron chi connectivity index (χ3n) is 3.22. The van der Waals surface area contributed by atoms with E-state index in [0.29, 0.717) is 10.3 Å². The molecule has 0 saturated carbocycles. The van der Waals surface area contributed by atoms with Crippen molar-refractivity contribution < 1.29 is 19.1 Å². The van der Waals surface area contributed by atoms with E-state index in [1.807, 2.05) is 11.8 Å². The second-order valence-electron chi connectivity index (χ2n) is 4.64. The fraction of sp³-hybridized carbons (Fsp3) is 0.538. The summed E-state index contributed by atoms with van der Waals surface area (Å²) in [6, 6.07) is 0. The molecule has 2 rings (SSSR count). The van der Waals surface area contributed by atoms with Crippen LogP contribution in [0.5, 0.6) is 0 Å². The summed E-state index contributed by atoms with van der Waals surface area (Å²) in [7, 11) is 2.59. The number of hydrogen-bond donors (Lipinski definition) is 1. The van der Waals surface area contributed by atoms with Crippen molar-refractivity contribution in [1.82, 2.24) is 0 Å². The van der Waals surface area contributed by atoms with Crippen molar-refractivity contribution in [3.8, 4) is 0 Å². The van der Waals surface area contributed by atoms with E-state index in [1.165, 1.54) is 25.6 Å². The first-order valence-corrected chi connectivity index (χ1v) is 8.31. The van der Waals surface area contributed by atoms with Crippen LogP contribution in [0.15, 0.2) is 0 Å². The van der Waals surface area contributed by atoms with E-state index in [1.54, 1.807) is 0 Å². The lowest BCUT2D eigenvalue weighted by Gasteiger charge is -2.31. The molecule has 0 aliphatic carbocycles. The first-order chi connectivity index (χ1) is 9.99. The van der Waals surface area contributed by atoms with Gasteiger partial charge in [0.05, 0.1) is 19.9 Å². The van der Waals surface area contributed by atoms with E-state index in [4.69, 9.17) is 15.2 Å². The monoisotopic (exact) mass is 330 g/mol. The van der Waals surface area contributed by atoms with Gasteiger partial charge in [0.2, 0.25) is 0 Å². The molecular formula is C13H18N2O4S2. The fourth-order valence-electron chi connectivity index (χ4n) is 2.20. The van der Waals surface area contributed by atoms with Gasteiger partial charge in [-0.1, -0.05) is 6.92 Å². The van der Waals surface area contributed by atoms with Crippen molar-refractivity contribution in [3.63, 3.8) is 0 Å². The van der Waals surface area contributed by atoms with E-state index in [0.717, 1.165) is 18.8 Å². The third-order valence-corrected chi connectivity index (χ3v) is 5.60. The Morgan fingerprint density at radius 3 is 2.52 bits per heavy atom. The van der Waals surface area contributed by atoms with Crippen LogP contribution in [0, 0.1) is 0 Å². The zero-order valence-electron chi connectivity index (χ0n) is 12.2. The van der Waals surface area contributed by atoms with Gasteiger partial charge in [-0.3, -0.25) is 0 Å². The zero-order chi connectivity index (χ0) is 15.6. The van der Waals surface area contributed by atoms with Gasteiger partial charge in [-0.15, -0.1) is 11.3 Å². The lowest BCUT2D eigenvalue weighted by Crippen LogP contribution is -2.36. The molecule has 116 valence electrons. The van der Waals surface area contributed by atoms with Gasteiger partial charge in [0.25, 0.3) is 0 Å². The van der Waals surface area contributed by atoms with Crippen LogP contribution < -0.4 is 10.6 Å². The number of esters is 2. The van der Waals surface area contributed by atoms with Gasteiger partial charge < -0.3 is 20.1 Å². The Labute approximate surface area is 131 Å². The average molecular weight is 330 g/mol. The number of nitrogens with zero attached hydrogens (tertiary/aromatic N) is 1. The molecule has 2 heterocycles. The van der Waals surface area contributed by atoms with Gasteiger partial charge in [0, 0.05) is 24.1 Å². The minimum atomic E-state index is -0.534. The Hall–Kier alpha value is -1.41. The molecule has 0 amide bonds. The summed E-state index contributed by atoms with van der Waals surface area (Å²) in [5.74, 6) is -0.0965. The number of anilines is 2. The number of methoxy groups -OCH3 is 2. The molecule has 1 saturated heterocycles. The largest absolute Gasteiger partial charge is 0.465 e. The maximum Gasteiger partial charge on any atom is 0.350 e. The Kier molecular flexibility index (Phi) is 5.00. The Morgan fingerprint density at radius 2 is 1.95 bits per heavy atom. The van der Waals surface area contributed by atoms with E-state index >= 15 is 0 Å². The highest BCUT2D eigenvalue weighted by atomic mass is 32.2. The molecule has 1 aromatic heterocycles. The number of nitrogen functional groups attached to an aromatic ring is 1. The van der Waals surface area contributed by atoms with Crippen molar-refractivity contribution in [2.24, 2.45) is 0 Å². The summed E-state index contributed by atoms with van der Waals surface area (Å²) in [6.45, 7) is 3.74. The SMILES string of the molecule is COC(=O)c1sc(N2CCSC(C)C2)c(C(=O)OC)c1N. The van der Waals surface area contributed by atoms with Crippen LogP contribution in [0.4, 0.5) is 10.7 Å². The Morgan fingerprint density at radius 1 is 1.29 bits per heavy atom. The van der Waals surface area contributed by atoms with Gasteiger partial charge in [-0.25, -0.2) is 9.59 Å². The van der Waals surface area contributed by atoms with Crippen LogP contribution >= 0.6 is 23.1 Å². The van der Waals surface area contributed by atoms with Gasteiger partial charge in [-0.2, -0.15) is 11.8 Å². The highest BCUT2D eigenvalue weighted by molar-refractivity contribution is 8.00. The molecule has 1 aromatic rings. The number of rotatable bonds is 3. The van der Waals surface area contributed by atoms with Crippen LogP contribution in [-0.4, -0.2) is 50.3 Å². The fourth-order valence-corrected chi connectivity index (χ4v) is 4.38. The smallest absolute Gasteiger partial charge is 0.350 e. The second kappa shape index (κ2) is 6.57. The second-order valence-corrected chi connectivity index (χ2v) is 7.18. The molecular weight excluding hydrogens is 312 g/mol. The molecule has 1 aliphatic rings. The molecule has 21 heavy (non-hydrogen) atoms. The van der Waals surface area contributed by atoms with Crippen LogP contribution in [0.2, 0.25) is 0 Å². The van der Waals surface area contributed by atoms with Crippen LogP contribution in [0.3, 0.4) is 0 Å². The van der Waals surface area contributed by atoms with E-state index in [-0.39, 0.29) is 16.1 Å². The normalized spacial score (nSPS) is 18.4. The molecule has 0 bridgehead atoms. The summed E-state index contributed by atoms with van der Waals surface area (Å²) in [5, 5.41) is 1.14. The van der Waals surface area contributed by atoms with E-state index < -0.39 is 11.9 Å². The maximum absolute atomic E-state index is 12.0. The van der Waals surface area contributed by atoms with Gasteiger partial charge >= 0.3 is 11.9 Å². The summed E-state index contributed by atoms with van der Waals surface area (Å²) in [6.07, 6.45) is 0. The molecule has 1 atom stereocenters. The molecule has 6 nitrogen and oxygen atoms in total. The molecule has 1 fully saturated rings. The minimum Gasteiger partial charge on any atom is -0.465 e. The summed E-state index contributed by atoms with van der Waals surface area (Å²) >= 11 is 3.07. The van der Waals surface area contributed by atoms with E-state index in [2.05, 4.69) is 11.8 Å². The lowest BCUT2D eigenvalue weighted by atomic mass is 10.2. The first-order valence-electron chi connectivity index (χ1n) is 6.45. The van der Waals surface area contributed by atoms with Crippen molar-refractivity contribution in [1.29, 1.82) is 0 Å². The lowest BCUT2D eigenvalue weighted by molar-refractivity contribution is 0.0602. The van der Waals surface area contributed by atoms with Crippen LogP contribution in [0.1, 0.15) is 27.0 Å². The standard InChI is InChI=1S/C13H18N2O4S2/c1-7-6-15(4-5-20-7)11-8(12(16)18-2)9(14)10(21-11)13(17)19-3/h7H,4-6,14H2,1-3H3. The number of hydrogen-bond acceptors (Lipinski definition) is 8. The minimum absolute atomic E-state index is 0.138.